The maximum atomic E-state index is 12.5. The van der Waals surface area contributed by atoms with Crippen LogP contribution in [0, 0.1) is 0 Å². The predicted molar refractivity (Wildman–Crippen MR) is 126 cm³/mol. The molecule has 1 aliphatic heterocycles. The number of pyridine rings is 1. The molecule has 8 nitrogen and oxygen atoms in total. The standard InChI is InChI=1S/C22H21N7O.C2H6/c23-20-19-18(28-21(16-4-3-11-24-16)29(19)13-12-26-20)14-6-8-15(9-7-14)22(30)27-17-5-1-2-10-25-17;1-2/h1-2,5-10,12-13,16,24H,3-4,11H2,(H2,23,26)(H,25,27,30);1-2H3. The van der Waals surface area contributed by atoms with Crippen molar-refractivity contribution < 1.29 is 4.79 Å². The molecule has 8 heteroatoms. The van der Waals surface area contributed by atoms with E-state index in [1.165, 1.54) is 0 Å². The fourth-order valence-corrected chi connectivity index (χ4v) is 3.84. The lowest BCUT2D eigenvalue weighted by molar-refractivity contribution is 0.102. The summed E-state index contributed by atoms with van der Waals surface area (Å²) in [5.41, 5.74) is 9.17. The third-order valence-corrected chi connectivity index (χ3v) is 5.31. The summed E-state index contributed by atoms with van der Waals surface area (Å²) in [6.07, 6.45) is 7.38. The third-order valence-electron chi connectivity index (χ3n) is 5.31. The molecule has 3 aromatic heterocycles. The Morgan fingerprint density at radius 1 is 1.12 bits per heavy atom. The van der Waals surface area contributed by atoms with Crippen LogP contribution in [0.5, 0.6) is 0 Å². The summed E-state index contributed by atoms with van der Waals surface area (Å²) in [6, 6.07) is 12.9. The van der Waals surface area contributed by atoms with Gasteiger partial charge in [0.25, 0.3) is 5.91 Å². The zero-order valence-electron chi connectivity index (χ0n) is 18.2. The molecule has 1 aliphatic rings. The molecule has 0 spiro atoms. The van der Waals surface area contributed by atoms with Crippen molar-refractivity contribution in [1.82, 2.24) is 24.7 Å². The van der Waals surface area contributed by atoms with Crippen molar-refractivity contribution in [1.29, 1.82) is 0 Å². The number of benzene rings is 1. The van der Waals surface area contributed by atoms with E-state index < -0.39 is 0 Å². The van der Waals surface area contributed by atoms with Crippen LogP contribution in [0.15, 0.2) is 61.1 Å². The Bertz CT molecular complexity index is 1200. The summed E-state index contributed by atoms with van der Waals surface area (Å²) in [5, 5.41) is 6.28. The van der Waals surface area contributed by atoms with Crippen LogP contribution >= 0.6 is 0 Å². The second-order valence-electron chi connectivity index (χ2n) is 7.25. The van der Waals surface area contributed by atoms with Gasteiger partial charge in [0.05, 0.1) is 6.04 Å². The van der Waals surface area contributed by atoms with Crippen molar-refractivity contribution >= 4 is 23.1 Å². The van der Waals surface area contributed by atoms with E-state index in [1.807, 2.05) is 42.6 Å². The van der Waals surface area contributed by atoms with E-state index >= 15 is 0 Å². The zero-order valence-corrected chi connectivity index (χ0v) is 18.2. The maximum Gasteiger partial charge on any atom is 0.256 e. The van der Waals surface area contributed by atoms with Gasteiger partial charge in [-0.15, -0.1) is 0 Å². The molecule has 4 heterocycles. The number of nitrogens with one attached hydrogen (secondary N) is 2. The summed E-state index contributed by atoms with van der Waals surface area (Å²) in [6.45, 7) is 4.98. The summed E-state index contributed by atoms with van der Waals surface area (Å²) < 4.78 is 2.02. The minimum absolute atomic E-state index is 0.191. The van der Waals surface area contributed by atoms with Gasteiger partial charge in [0.1, 0.15) is 28.7 Å². The molecule has 164 valence electrons. The quantitative estimate of drug-likeness (QED) is 0.451. The molecule has 1 atom stereocenters. The van der Waals surface area contributed by atoms with Gasteiger partial charge in [-0.3, -0.25) is 9.20 Å². The van der Waals surface area contributed by atoms with Gasteiger partial charge in [-0.25, -0.2) is 15.0 Å². The summed E-state index contributed by atoms with van der Waals surface area (Å²) in [7, 11) is 0. The van der Waals surface area contributed by atoms with Gasteiger partial charge in [0.15, 0.2) is 0 Å². The average molecular weight is 430 g/mol. The molecule has 0 aliphatic carbocycles. The van der Waals surface area contributed by atoms with E-state index in [0.29, 0.717) is 17.2 Å². The van der Waals surface area contributed by atoms with Gasteiger partial charge in [0.2, 0.25) is 0 Å². The number of anilines is 2. The van der Waals surface area contributed by atoms with Crippen molar-refractivity contribution in [3.63, 3.8) is 0 Å². The summed E-state index contributed by atoms with van der Waals surface area (Å²) in [5.74, 6) is 1.66. The Morgan fingerprint density at radius 3 is 2.62 bits per heavy atom. The molecule has 4 aromatic rings. The zero-order chi connectivity index (χ0) is 22.5. The number of nitrogens with zero attached hydrogens (tertiary/aromatic N) is 4. The first-order chi connectivity index (χ1) is 15.7. The minimum Gasteiger partial charge on any atom is -0.382 e. The van der Waals surface area contributed by atoms with Crippen LogP contribution in [0.1, 0.15) is 48.9 Å². The number of nitrogens with two attached hydrogens (primary N) is 1. The van der Waals surface area contributed by atoms with Gasteiger partial charge in [-0.05, 0) is 43.7 Å². The number of hydrogen-bond acceptors (Lipinski definition) is 6. The molecule has 4 N–H and O–H groups in total. The van der Waals surface area contributed by atoms with Crippen LogP contribution < -0.4 is 16.4 Å². The fourth-order valence-electron chi connectivity index (χ4n) is 3.84. The predicted octanol–water partition coefficient (Wildman–Crippen LogP) is 4.08. The number of fused-ring (bicyclic) bond motifs is 1. The molecule has 0 bridgehead atoms. The first-order valence-corrected chi connectivity index (χ1v) is 10.9. The van der Waals surface area contributed by atoms with E-state index in [0.717, 1.165) is 42.0 Å². The van der Waals surface area contributed by atoms with Gasteiger partial charge in [-0.1, -0.05) is 32.0 Å². The van der Waals surface area contributed by atoms with E-state index in [-0.39, 0.29) is 11.9 Å². The van der Waals surface area contributed by atoms with Crippen molar-refractivity contribution in [2.24, 2.45) is 0 Å². The van der Waals surface area contributed by atoms with Crippen molar-refractivity contribution in [2.45, 2.75) is 32.7 Å². The number of hydrogen-bond donors (Lipinski definition) is 3. The van der Waals surface area contributed by atoms with Crippen molar-refractivity contribution in [2.75, 3.05) is 17.6 Å². The molecule has 0 radical (unpaired) electrons. The first kappa shape index (κ1) is 21.5. The second kappa shape index (κ2) is 9.57. The Balaban J connectivity index is 0.00000119. The van der Waals surface area contributed by atoms with Crippen LogP contribution in [0.2, 0.25) is 0 Å². The highest BCUT2D eigenvalue weighted by molar-refractivity contribution is 6.04. The molecule has 5 rings (SSSR count). The van der Waals surface area contributed by atoms with E-state index in [9.17, 15) is 4.79 Å². The third kappa shape index (κ3) is 4.17. The van der Waals surface area contributed by atoms with Crippen LogP contribution in [-0.2, 0) is 0 Å². The molecular formula is C24H27N7O. The van der Waals surface area contributed by atoms with E-state index in [1.54, 1.807) is 36.7 Å². The normalized spacial score (nSPS) is 15.2. The maximum absolute atomic E-state index is 12.5. The van der Waals surface area contributed by atoms with E-state index in [2.05, 4.69) is 20.6 Å². The van der Waals surface area contributed by atoms with Gasteiger partial charge >= 0.3 is 0 Å². The molecular weight excluding hydrogens is 402 g/mol. The highest BCUT2D eigenvalue weighted by Crippen LogP contribution is 2.32. The Morgan fingerprint density at radius 2 is 1.94 bits per heavy atom. The summed E-state index contributed by atoms with van der Waals surface area (Å²) in [4.78, 5) is 25.8. The first-order valence-electron chi connectivity index (χ1n) is 10.9. The molecule has 1 aromatic carbocycles. The summed E-state index contributed by atoms with van der Waals surface area (Å²) >= 11 is 0. The van der Waals surface area contributed by atoms with E-state index in [4.69, 9.17) is 10.7 Å². The number of nitrogen functional groups attached to an aromatic ring is 1. The number of carbonyl (C=O) groups excluding carboxylic acids is 1. The monoisotopic (exact) mass is 429 g/mol. The van der Waals surface area contributed by atoms with Gasteiger partial charge < -0.3 is 16.4 Å². The Labute approximate surface area is 186 Å². The lowest BCUT2D eigenvalue weighted by Gasteiger charge is -2.08. The number of carbonyl (C=O) groups is 1. The molecule has 1 saturated heterocycles. The largest absolute Gasteiger partial charge is 0.382 e. The van der Waals surface area contributed by atoms with Crippen molar-refractivity contribution in [3.8, 4) is 11.3 Å². The van der Waals surface area contributed by atoms with Crippen LogP contribution in [-0.4, -0.2) is 31.8 Å². The second-order valence-corrected chi connectivity index (χ2v) is 7.25. The number of rotatable bonds is 4. The SMILES string of the molecule is CC.Nc1nccn2c(C3CCCN3)nc(-c3ccc(C(=O)Nc4ccccn4)cc3)c12. The van der Waals surface area contributed by atoms with Crippen LogP contribution in [0.25, 0.3) is 16.8 Å². The highest BCUT2D eigenvalue weighted by atomic mass is 16.1. The lowest BCUT2D eigenvalue weighted by Crippen LogP contribution is -2.16. The molecule has 0 saturated carbocycles. The highest BCUT2D eigenvalue weighted by Gasteiger charge is 2.24. The molecule has 1 amide bonds. The van der Waals surface area contributed by atoms with Crippen LogP contribution in [0.3, 0.4) is 0 Å². The number of amides is 1. The minimum atomic E-state index is -0.216. The van der Waals surface area contributed by atoms with Crippen molar-refractivity contribution in [3.05, 3.63) is 72.4 Å². The average Bonchev–Trinajstić information content (AvgIpc) is 3.50. The van der Waals surface area contributed by atoms with Crippen LogP contribution in [0.4, 0.5) is 11.6 Å². The van der Waals surface area contributed by atoms with Gasteiger partial charge in [-0.2, -0.15) is 0 Å². The Kier molecular flexibility index (Phi) is 6.42. The molecule has 1 fully saturated rings. The number of imidazole rings is 1. The number of aromatic nitrogens is 4. The topological polar surface area (TPSA) is 110 Å². The molecule has 1 unspecified atom stereocenters. The van der Waals surface area contributed by atoms with Gasteiger partial charge in [0, 0.05) is 29.7 Å². The Hall–Kier alpha value is -3.78. The lowest BCUT2D eigenvalue weighted by atomic mass is 10.1. The fraction of sp³-hybridized carbons (Fsp3) is 0.250. The molecule has 32 heavy (non-hydrogen) atoms. The smallest absolute Gasteiger partial charge is 0.256 e.